The Kier molecular flexibility index (Phi) is 6.46. The summed E-state index contributed by atoms with van der Waals surface area (Å²) in [6, 6.07) is 14.6. The minimum atomic E-state index is -3.63. The molecule has 152 valence electrons. The fourth-order valence-corrected chi connectivity index (χ4v) is 4.40. The number of amides is 1. The van der Waals surface area contributed by atoms with E-state index >= 15 is 0 Å². The number of nitrogens with one attached hydrogen (secondary N) is 2. The van der Waals surface area contributed by atoms with Crippen molar-refractivity contribution in [3.05, 3.63) is 66.5 Å². The predicted octanol–water partition coefficient (Wildman–Crippen LogP) is 3.19. The number of imidazole rings is 1. The molecule has 29 heavy (non-hydrogen) atoms. The van der Waals surface area contributed by atoms with E-state index in [9.17, 15) is 13.2 Å². The third kappa shape index (κ3) is 5.30. The van der Waals surface area contributed by atoms with Crippen LogP contribution in [0.1, 0.15) is 18.9 Å². The summed E-state index contributed by atoms with van der Waals surface area (Å²) in [6.45, 7) is 4.07. The van der Waals surface area contributed by atoms with Gasteiger partial charge in [0.2, 0.25) is 15.9 Å². The number of carbonyl (C=O) groups excluding carboxylic acids is 1. The van der Waals surface area contributed by atoms with Gasteiger partial charge in [0.15, 0.2) is 0 Å². The van der Waals surface area contributed by atoms with Gasteiger partial charge in [-0.1, -0.05) is 30.3 Å². The SMILES string of the molecule is CC(=O)Nc1ccc(S(=O)(=O)NCCCn2ccnc2-c2ccccc2)c(C)c1. The molecule has 1 amide bonds. The Labute approximate surface area is 170 Å². The molecular weight excluding hydrogens is 388 g/mol. The van der Waals surface area contributed by atoms with Crippen molar-refractivity contribution < 1.29 is 13.2 Å². The molecule has 0 radical (unpaired) electrons. The standard InChI is InChI=1S/C21H24N4O3S/c1-16-15-19(24-17(2)26)9-10-20(16)29(27,28)23-11-6-13-25-14-12-22-21(25)18-7-4-3-5-8-18/h3-5,7-10,12,14-15,23H,6,11,13H2,1-2H3,(H,24,26). The predicted molar refractivity (Wildman–Crippen MR) is 113 cm³/mol. The second-order valence-corrected chi connectivity index (χ2v) is 8.46. The molecule has 0 atom stereocenters. The van der Waals surface area contributed by atoms with Crippen molar-refractivity contribution in [2.24, 2.45) is 0 Å². The fraction of sp³-hybridized carbons (Fsp3) is 0.238. The number of hydrogen-bond acceptors (Lipinski definition) is 4. The molecule has 2 aromatic carbocycles. The summed E-state index contributed by atoms with van der Waals surface area (Å²) in [4.78, 5) is 15.7. The Morgan fingerprint density at radius 1 is 1.14 bits per heavy atom. The summed E-state index contributed by atoms with van der Waals surface area (Å²) >= 11 is 0. The first-order valence-corrected chi connectivity index (χ1v) is 10.8. The Morgan fingerprint density at radius 3 is 2.59 bits per heavy atom. The van der Waals surface area contributed by atoms with Crippen molar-refractivity contribution in [3.8, 4) is 11.4 Å². The van der Waals surface area contributed by atoms with Gasteiger partial charge in [-0.2, -0.15) is 0 Å². The Bertz CT molecular complexity index is 1090. The molecule has 0 saturated heterocycles. The summed E-state index contributed by atoms with van der Waals surface area (Å²) in [5, 5.41) is 2.65. The van der Waals surface area contributed by atoms with Crippen molar-refractivity contribution in [1.82, 2.24) is 14.3 Å². The first-order valence-electron chi connectivity index (χ1n) is 9.31. The number of anilines is 1. The second-order valence-electron chi connectivity index (χ2n) is 6.72. The van der Waals surface area contributed by atoms with E-state index in [1.807, 2.05) is 41.1 Å². The zero-order chi connectivity index (χ0) is 20.9. The monoisotopic (exact) mass is 412 g/mol. The maximum absolute atomic E-state index is 12.6. The van der Waals surface area contributed by atoms with E-state index in [0.29, 0.717) is 30.8 Å². The van der Waals surface area contributed by atoms with Crippen LogP contribution in [0.2, 0.25) is 0 Å². The fourth-order valence-electron chi connectivity index (χ4n) is 3.10. The topological polar surface area (TPSA) is 93.1 Å². The lowest BCUT2D eigenvalue weighted by atomic mass is 10.2. The average Bonchev–Trinajstić information content (AvgIpc) is 3.14. The number of benzene rings is 2. The number of carbonyl (C=O) groups is 1. The molecular formula is C21H24N4O3S. The van der Waals surface area contributed by atoms with Crippen molar-refractivity contribution in [2.45, 2.75) is 31.7 Å². The van der Waals surface area contributed by atoms with Crippen LogP contribution in [0, 0.1) is 6.92 Å². The first-order chi connectivity index (χ1) is 13.9. The summed E-state index contributed by atoms with van der Waals surface area (Å²) in [6.07, 6.45) is 4.26. The van der Waals surface area contributed by atoms with Crippen LogP contribution in [0.5, 0.6) is 0 Å². The van der Waals surface area contributed by atoms with E-state index in [-0.39, 0.29) is 10.8 Å². The Morgan fingerprint density at radius 2 is 1.90 bits per heavy atom. The van der Waals surface area contributed by atoms with Gasteiger partial charge in [-0.15, -0.1) is 0 Å². The molecule has 0 spiro atoms. The summed E-state index contributed by atoms with van der Waals surface area (Å²) in [5.74, 6) is 0.658. The van der Waals surface area contributed by atoms with Crippen LogP contribution < -0.4 is 10.0 Å². The summed E-state index contributed by atoms with van der Waals surface area (Å²) < 4.78 is 29.9. The van der Waals surface area contributed by atoms with E-state index in [4.69, 9.17) is 0 Å². The molecule has 2 N–H and O–H groups in total. The highest BCUT2D eigenvalue weighted by molar-refractivity contribution is 7.89. The van der Waals surface area contributed by atoms with Crippen LogP contribution in [0.25, 0.3) is 11.4 Å². The molecule has 1 heterocycles. The van der Waals surface area contributed by atoms with E-state index in [1.165, 1.54) is 13.0 Å². The molecule has 0 fully saturated rings. The van der Waals surface area contributed by atoms with Crippen LogP contribution in [-0.4, -0.2) is 30.4 Å². The third-order valence-corrected chi connectivity index (χ3v) is 6.02. The Hall–Kier alpha value is -2.97. The van der Waals surface area contributed by atoms with Gasteiger partial charge < -0.3 is 9.88 Å². The molecule has 0 aliphatic rings. The van der Waals surface area contributed by atoms with E-state index in [0.717, 1.165) is 11.4 Å². The largest absolute Gasteiger partial charge is 0.331 e. The van der Waals surface area contributed by atoms with Crippen molar-refractivity contribution in [3.63, 3.8) is 0 Å². The molecule has 0 unspecified atom stereocenters. The number of hydrogen-bond donors (Lipinski definition) is 2. The maximum Gasteiger partial charge on any atom is 0.240 e. The molecule has 8 heteroatoms. The molecule has 0 aliphatic carbocycles. The normalized spacial score (nSPS) is 11.4. The highest BCUT2D eigenvalue weighted by Gasteiger charge is 2.16. The third-order valence-electron chi connectivity index (χ3n) is 4.40. The second kappa shape index (κ2) is 9.02. The van der Waals surface area contributed by atoms with E-state index < -0.39 is 10.0 Å². The summed E-state index contributed by atoms with van der Waals surface area (Å²) in [7, 11) is -3.63. The van der Waals surface area contributed by atoms with Gasteiger partial charge in [0.05, 0.1) is 4.90 Å². The number of rotatable bonds is 8. The smallest absolute Gasteiger partial charge is 0.240 e. The van der Waals surface area contributed by atoms with Crippen LogP contribution in [-0.2, 0) is 21.4 Å². The number of sulfonamides is 1. The van der Waals surface area contributed by atoms with Crippen LogP contribution >= 0.6 is 0 Å². The summed E-state index contributed by atoms with van der Waals surface area (Å²) in [5.41, 5.74) is 2.17. The highest BCUT2D eigenvalue weighted by Crippen LogP contribution is 2.20. The zero-order valence-electron chi connectivity index (χ0n) is 16.4. The van der Waals surface area contributed by atoms with Crippen molar-refractivity contribution in [1.29, 1.82) is 0 Å². The van der Waals surface area contributed by atoms with Gasteiger partial charge >= 0.3 is 0 Å². The molecule has 0 aliphatic heterocycles. The van der Waals surface area contributed by atoms with Gasteiger partial charge in [0.1, 0.15) is 5.82 Å². The van der Waals surface area contributed by atoms with E-state index in [1.54, 1.807) is 25.3 Å². The van der Waals surface area contributed by atoms with Crippen LogP contribution in [0.4, 0.5) is 5.69 Å². The molecule has 1 aromatic heterocycles. The molecule has 3 aromatic rings. The lowest BCUT2D eigenvalue weighted by Gasteiger charge is -2.12. The minimum Gasteiger partial charge on any atom is -0.331 e. The van der Waals surface area contributed by atoms with Gasteiger partial charge in [0, 0.05) is 43.7 Å². The highest BCUT2D eigenvalue weighted by atomic mass is 32.2. The van der Waals surface area contributed by atoms with Gasteiger partial charge in [0.25, 0.3) is 0 Å². The number of nitrogens with zero attached hydrogens (tertiary/aromatic N) is 2. The van der Waals surface area contributed by atoms with Crippen molar-refractivity contribution in [2.75, 3.05) is 11.9 Å². The molecule has 7 nitrogen and oxygen atoms in total. The minimum absolute atomic E-state index is 0.201. The van der Waals surface area contributed by atoms with Gasteiger partial charge in [-0.25, -0.2) is 18.1 Å². The first kappa shape index (κ1) is 20.8. The molecule has 3 rings (SSSR count). The average molecular weight is 413 g/mol. The van der Waals surface area contributed by atoms with Crippen LogP contribution in [0.15, 0.2) is 65.8 Å². The van der Waals surface area contributed by atoms with Crippen molar-refractivity contribution >= 4 is 21.6 Å². The lowest BCUT2D eigenvalue weighted by Crippen LogP contribution is -2.26. The molecule has 0 saturated carbocycles. The Balaban J connectivity index is 1.60. The molecule has 0 bridgehead atoms. The van der Waals surface area contributed by atoms with Crippen LogP contribution in [0.3, 0.4) is 0 Å². The maximum atomic E-state index is 12.6. The lowest BCUT2D eigenvalue weighted by molar-refractivity contribution is -0.114. The van der Waals surface area contributed by atoms with E-state index in [2.05, 4.69) is 15.0 Å². The van der Waals surface area contributed by atoms with Gasteiger partial charge in [-0.3, -0.25) is 4.79 Å². The van der Waals surface area contributed by atoms with Gasteiger partial charge in [-0.05, 0) is 37.1 Å². The number of aromatic nitrogens is 2. The number of aryl methyl sites for hydroxylation is 2. The quantitative estimate of drug-likeness (QED) is 0.556. The zero-order valence-corrected chi connectivity index (χ0v) is 17.2.